The van der Waals surface area contributed by atoms with Gasteiger partial charge in [0.25, 0.3) is 5.91 Å². The summed E-state index contributed by atoms with van der Waals surface area (Å²) < 4.78 is 0.0721. The van der Waals surface area contributed by atoms with Crippen LogP contribution in [0.3, 0.4) is 0 Å². The average Bonchev–Trinajstić information content (AvgIpc) is 2.77. The van der Waals surface area contributed by atoms with Gasteiger partial charge in [-0.3, -0.25) is 14.5 Å². The molecule has 0 bridgehead atoms. The number of thioether (sulfide) groups is 1. The van der Waals surface area contributed by atoms with E-state index in [0.717, 1.165) is 16.7 Å². The highest BCUT2D eigenvalue weighted by molar-refractivity contribution is 8.26. The van der Waals surface area contributed by atoms with E-state index in [4.69, 9.17) is 17.3 Å². The largest absolute Gasteiger partial charge is 0.508 e. The van der Waals surface area contributed by atoms with E-state index in [-0.39, 0.29) is 27.8 Å². The van der Waals surface area contributed by atoms with E-state index in [1.807, 2.05) is 0 Å². The molecular formula is C15H13NO6S2. The van der Waals surface area contributed by atoms with Crippen molar-refractivity contribution in [3.8, 4) is 5.75 Å². The van der Waals surface area contributed by atoms with Gasteiger partial charge in [-0.15, -0.1) is 0 Å². The van der Waals surface area contributed by atoms with Crippen LogP contribution in [0.25, 0.3) is 6.08 Å². The number of carboxylic acids is 2. The molecule has 1 amide bonds. The molecule has 126 valence electrons. The van der Waals surface area contributed by atoms with Crippen molar-refractivity contribution < 1.29 is 29.7 Å². The standard InChI is InChI=1S/C15H13NO6S2/c17-9-3-1-8(2-4-9)7-11-13(20)16(15(23)24-11)10(14(21)22)5-6-12(18)19/h1-4,7,10,17H,5-6H2,(H,18,19)(H,21,22)/b11-7-/t10-/m0/s1. The van der Waals surface area contributed by atoms with Gasteiger partial charge < -0.3 is 15.3 Å². The van der Waals surface area contributed by atoms with Crippen LogP contribution in [0.2, 0.25) is 0 Å². The number of aliphatic carboxylic acids is 2. The number of hydrogen-bond donors (Lipinski definition) is 3. The highest BCUT2D eigenvalue weighted by atomic mass is 32.2. The number of phenolic OH excluding ortho intramolecular Hbond substituents is 1. The van der Waals surface area contributed by atoms with Crippen LogP contribution >= 0.6 is 24.0 Å². The fraction of sp³-hybridized carbons (Fsp3) is 0.200. The number of amides is 1. The summed E-state index contributed by atoms with van der Waals surface area (Å²) in [5, 5.41) is 27.3. The Kier molecular flexibility index (Phi) is 5.58. The second-order valence-electron chi connectivity index (χ2n) is 4.93. The van der Waals surface area contributed by atoms with E-state index in [1.165, 1.54) is 18.2 Å². The molecule has 0 aliphatic carbocycles. The van der Waals surface area contributed by atoms with Gasteiger partial charge in [-0.05, 0) is 30.2 Å². The van der Waals surface area contributed by atoms with Gasteiger partial charge in [0.05, 0.1) is 4.91 Å². The molecule has 1 saturated heterocycles. The molecule has 0 aromatic heterocycles. The Morgan fingerprint density at radius 1 is 1.25 bits per heavy atom. The highest BCUT2D eigenvalue weighted by Gasteiger charge is 2.40. The molecule has 9 heteroatoms. The summed E-state index contributed by atoms with van der Waals surface area (Å²) in [5.41, 5.74) is 0.644. The van der Waals surface area contributed by atoms with Crippen LogP contribution in [-0.2, 0) is 14.4 Å². The summed E-state index contributed by atoms with van der Waals surface area (Å²) in [6, 6.07) is 4.79. The molecule has 1 heterocycles. The first kappa shape index (κ1) is 18.0. The van der Waals surface area contributed by atoms with E-state index < -0.39 is 23.9 Å². The minimum absolute atomic E-state index is 0.0721. The molecule has 1 aromatic rings. The number of nitrogens with zero attached hydrogens (tertiary/aromatic N) is 1. The second-order valence-corrected chi connectivity index (χ2v) is 6.61. The first-order chi connectivity index (χ1) is 11.3. The van der Waals surface area contributed by atoms with E-state index in [9.17, 15) is 24.6 Å². The van der Waals surface area contributed by atoms with Crippen molar-refractivity contribution in [2.24, 2.45) is 0 Å². The number of rotatable bonds is 6. The van der Waals surface area contributed by atoms with E-state index >= 15 is 0 Å². The predicted molar refractivity (Wildman–Crippen MR) is 91.4 cm³/mol. The Morgan fingerprint density at radius 2 is 1.88 bits per heavy atom. The number of carbonyl (C=O) groups excluding carboxylic acids is 1. The Balaban J connectivity index is 2.24. The summed E-state index contributed by atoms with van der Waals surface area (Å²) in [5.74, 6) is -2.94. The summed E-state index contributed by atoms with van der Waals surface area (Å²) in [6.07, 6.45) is 0.920. The highest BCUT2D eigenvalue weighted by Crippen LogP contribution is 2.35. The van der Waals surface area contributed by atoms with Crippen molar-refractivity contribution in [3.63, 3.8) is 0 Å². The third-order valence-corrected chi connectivity index (χ3v) is 4.57. The maximum absolute atomic E-state index is 12.5. The predicted octanol–water partition coefficient (Wildman–Crippen LogP) is 1.91. The lowest BCUT2D eigenvalue weighted by molar-refractivity contribution is -0.146. The molecule has 7 nitrogen and oxygen atoms in total. The van der Waals surface area contributed by atoms with Gasteiger partial charge in [-0.2, -0.15) is 0 Å². The second kappa shape index (κ2) is 7.45. The number of hydrogen-bond acceptors (Lipinski definition) is 6. The maximum Gasteiger partial charge on any atom is 0.326 e. The van der Waals surface area contributed by atoms with Crippen molar-refractivity contribution in [2.75, 3.05) is 0 Å². The summed E-state index contributed by atoms with van der Waals surface area (Å²) in [6.45, 7) is 0. The number of carbonyl (C=O) groups is 3. The smallest absolute Gasteiger partial charge is 0.326 e. The lowest BCUT2D eigenvalue weighted by Gasteiger charge is -2.22. The number of phenols is 1. The van der Waals surface area contributed by atoms with Crippen LogP contribution in [0, 0.1) is 0 Å². The summed E-state index contributed by atoms with van der Waals surface area (Å²) >= 11 is 6.04. The third-order valence-electron chi connectivity index (χ3n) is 3.24. The molecule has 1 aromatic carbocycles. The third kappa shape index (κ3) is 4.12. The van der Waals surface area contributed by atoms with Crippen molar-refractivity contribution >= 4 is 52.2 Å². The van der Waals surface area contributed by atoms with Crippen molar-refractivity contribution in [2.45, 2.75) is 18.9 Å². The summed E-state index contributed by atoms with van der Waals surface area (Å²) in [7, 11) is 0. The van der Waals surface area contributed by atoms with E-state index in [2.05, 4.69) is 0 Å². The van der Waals surface area contributed by atoms with Crippen LogP contribution < -0.4 is 0 Å². The van der Waals surface area contributed by atoms with Crippen LogP contribution in [0.4, 0.5) is 0 Å². The molecular weight excluding hydrogens is 354 g/mol. The lowest BCUT2D eigenvalue weighted by Crippen LogP contribution is -2.44. The molecule has 1 atom stereocenters. The van der Waals surface area contributed by atoms with Crippen LogP contribution in [0.1, 0.15) is 18.4 Å². The number of aromatic hydroxyl groups is 1. The SMILES string of the molecule is O=C(O)CC[C@@H](C(=O)O)N1C(=O)/C(=C/c2ccc(O)cc2)SC1=S. The normalized spacial score (nSPS) is 17.3. The molecule has 0 saturated carbocycles. The number of thiocarbonyl (C=S) groups is 1. The number of benzene rings is 1. The maximum atomic E-state index is 12.5. The Morgan fingerprint density at radius 3 is 2.42 bits per heavy atom. The summed E-state index contributed by atoms with van der Waals surface area (Å²) in [4.78, 5) is 35.7. The monoisotopic (exact) mass is 367 g/mol. The van der Waals surface area contributed by atoms with Gasteiger partial charge in [0.2, 0.25) is 0 Å². The van der Waals surface area contributed by atoms with Gasteiger partial charge in [-0.1, -0.05) is 36.1 Å². The van der Waals surface area contributed by atoms with Gasteiger partial charge in [0, 0.05) is 6.42 Å². The van der Waals surface area contributed by atoms with E-state index in [0.29, 0.717) is 5.56 Å². The van der Waals surface area contributed by atoms with Gasteiger partial charge in [0.15, 0.2) is 0 Å². The molecule has 1 aliphatic rings. The van der Waals surface area contributed by atoms with Crippen LogP contribution in [0.15, 0.2) is 29.2 Å². The Bertz CT molecular complexity index is 728. The van der Waals surface area contributed by atoms with Crippen molar-refractivity contribution in [3.05, 3.63) is 34.7 Å². The van der Waals surface area contributed by atoms with Crippen LogP contribution in [0.5, 0.6) is 5.75 Å². The molecule has 0 radical (unpaired) electrons. The fourth-order valence-electron chi connectivity index (χ4n) is 2.09. The number of carboxylic acid groups (broad SMARTS) is 2. The molecule has 0 spiro atoms. The van der Waals surface area contributed by atoms with Crippen molar-refractivity contribution in [1.29, 1.82) is 0 Å². The fourth-order valence-corrected chi connectivity index (χ4v) is 3.45. The zero-order chi connectivity index (χ0) is 17.9. The minimum atomic E-state index is -1.32. The molecule has 2 rings (SSSR count). The van der Waals surface area contributed by atoms with Gasteiger partial charge in [0.1, 0.15) is 16.1 Å². The first-order valence-electron chi connectivity index (χ1n) is 6.80. The minimum Gasteiger partial charge on any atom is -0.508 e. The quantitative estimate of drug-likeness (QED) is 0.516. The van der Waals surface area contributed by atoms with E-state index in [1.54, 1.807) is 12.1 Å². The topological polar surface area (TPSA) is 115 Å². The molecule has 3 N–H and O–H groups in total. The lowest BCUT2D eigenvalue weighted by atomic mass is 10.1. The zero-order valence-electron chi connectivity index (χ0n) is 12.2. The zero-order valence-corrected chi connectivity index (χ0v) is 13.8. The molecule has 24 heavy (non-hydrogen) atoms. The first-order valence-corrected chi connectivity index (χ1v) is 8.02. The Hall–Kier alpha value is -2.39. The average molecular weight is 367 g/mol. The van der Waals surface area contributed by atoms with Crippen LogP contribution in [-0.4, -0.2) is 48.4 Å². The molecule has 0 unspecified atom stereocenters. The Labute approximate surface area is 146 Å². The van der Waals surface area contributed by atoms with Gasteiger partial charge in [-0.25, -0.2) is 4.79 Å². The molecule has 1 aliphatic heterocycles. The van der Waals surface area contributed by atoms with Crippen molar-refractivity contribution in [1.82, 2.24) is 4.90 Å². The van der Waals surface area contributed by atoms with Gasteiger partial charge >= 0.3 is 11.9 Å². The molecule has 1 fully saturated rings.